The Morgan fingerprint density at radius 1 is 0.964 bits per heavy atom. The van der Waals surface area contributed by atoms with Gasteiger partial charge >= 0.3 is 0 Å². The van der Waals surface area contributed by atoms with Crippen molar-refractivity contribution in [3.05, 3.63) is 93.7 Å². The van der Waals surface area contributed by atoms with Gasteiger partial charge in [0, 0.05) is 21.2 Å². The van der Waals surface area contributed by atoms with Crippen molar-refractivity contribution in [2.75, 3.05) is 6.61 Å². The van der Waals surface area contributed by atoms with E-state index in [-0.39, 0.29) is 5.82 Å². The number of hydrazone groups is 1. The number of amidine groups is 1. The van der Waals surface area contributed by atoms with E-state index in [1.807, 2.05) is 55.5 Å². The van der Waals surface area contributed by atoms with Gasteiger partial charge in [-0.3, -0.25) is 5.43 Å². The summed E-state index contributed by atoms with van der Waals surface area (Å²) < 4.78 is 20.5. The number of fused-ring (bicyclic) bond motifs is 1. The molecular formula is C22H17BrFN3O. The summed E-state index contributed by atoms with van der Waals surface area (Å²) in [5.41, 5.74) is 6.67. The van der Waals surface area contributed by atoms with Crippen molar-refractivity contribution >= 4 is 33.2 Å². The van der Waals surface area contributed by atoms with E-state index in [2.05, 4.69) is 31.4 Å². The van der Waals surface area contributed by atoms with Gasteiger partial charge in [-0.15, -0.1) is 0 Å². The highest BCUT2D eigenvalue weighted by Gasteiger charge is 2.18. The molecule has 0 bridgehead atoms. The SMILES string of the molecule is CCOc1ccc(C2=NNC(c3ccc(Br)cc3)=Nc3ccc(F)cc32)cc1. The fraction of sp³-hybridized carbons (Fsp3) is 0.0909. The third kappa shape index (κ3) is 3.82. The standard InChI is InChI=1S/C22H17BrFN3O/c1-2-28-18-10-5-14(6-11-18)21-19-13-17(24)9-12-20(19)25-22(27-26-21)15-3-7-16(23)8-4-15/h3-13H,2H2,1H3,(H,25,27). The topological polar surface area (TPSA) is 46.0 Å². The van der Waals surface area contributed by atoms with Gasteiger partial charge in [-0.05, 0) is 61.5 Å². The minimum atomic E-state index is -0.334. The van der Waals surface area contributed by atoms with E-state index in [4.69, 9.17) is 4.74 Å². The van der Waals surface area contributed by atoms with Crippen LogP contribution in [0.2, 0.25) is 0 Å². The molecule has 0 saturated heterocycles. The van der Waals surface area contributed by atoms with Crippen molar-refractivity contribution in [3.8, 4) is 5.75 Å². The number of ether oxygens (including phenoxy) is 1. The quantitative estimate of drug-likeness (QED) is 0.591. The first-order chi connectivity index (χ1) is 13.6. The van der Waals surface area contributed by atoms with E-state index >= 15 is 0 Å². The van der Waals surface area contributed by atoms with Crippen molar-refractivity contribution in [2.24, 2.45) is 10.1 Å². The molecule has 0 aliphatic carbocycles. The predicted molar refractivity (Wildman–Crippen MR) is 113 cm³/mol. The summed E-state index contributed by atoms with van der Waals surface area (Å²) in [4.78, 5) is 4.69. The average Bonchev–Trinajstić information content (AvgIpc) is 2.89. The summed E-state index contributed by atoms with van der Waals surface area (Å²) in [6.45, 7) is 2.54. The number of hydrogen-bond acceptors (Lipinski definition) is 4. The second-order valence-corrected chi connectivity index (χ2v) is 7.07. The predicted octanol–water partition coefficient (Wildman–Crippen LogP) is 5.42. The summed E-state index contributed by atoms with van der Waals surface area (Å²) in [6, 6.07) is 19.9. The van der Waals surface area contributed by atoms with Crippen LogP contribution in [0.25, 0.3) is 0 Å². The Balaban J connectivity index is 1.79. The lowest BCUT2D eigenvalue weighted by atomic mass is 10.0. The zero-order chi connectivity index (χ0) is 19.5. The van der Waals surface area contributed by atoms with Crippen LogP contribution < -0.4 is 10.2 Å². The van der Waals surface area contributed by atoms with Gasteiger partial charge in [-0.25, -0.2) is 9.38 Å². The van der Waals surface area contributed by atoms with Crippen LogP contribution in [-0.4, -0.2) is 18.2 Å². The highest BCUT2D eigenvalue weighted by atomic mass is 79.9. The molecule has 140 valence electrons. The van der Waals surface area contributed by atoms with Crippen molar-refractivity contribution < 1.29 is 9.13 Å². The summed E-state index contributed by atoms with van der Waals surface area (Å²) in [5.74, 6) is 1.04. The van der Waals surface area contributed by atoms with Crippen LogP contribution in [0.5, 0.6) is 5.75 Å². The third-order valence-electron chi connectivity index (χ3n) is 4.28. The minimum absolute atomic E-state index is 0.334. The van der Waals surface area contributed by atoms with E-state index in [0.717, 1.165) is 21.3 Å². The van der Waals surface area contributed by atoms with Crippen molar-refractivity contribution in [3.63, 3.8) is 0 Å². The van der Waals surface area contributed by atoms with Gasteiger partial charge in [-0.1, -0.05) is 28.1 Å². The number of benzene rings is 3. The molecule has 1 aliphatic rings. The largest absolute Gasteiger partial charge is 0.494 e. The summed E-state index contributed by atoms with van der Waals surface area (Å²) in [6.07, 6.45) is 0. The molecule has 6 heteroatoms. The maximum atomic E-state index is 14.0. The number of nitrogens with zero attached hydrogens (tertiary/aromatic N) is 2. The van der Waals surface area contributed by atoms with Crippen LogP contribution >= 0.6 is 15.9 Å². The minimum Gasteiger partial charge on any atom is -0.494 e. The molecular weight excluding hydrogens is 421 g/mol. The zero-order valence-corrected chi connectivity index (χ0v) is 16.7. The lowest BCUT2D eigenvalue weighted by molar-refractivity contribution is 0.340. The highest BCUT2D eigenvalue weighted by Crippen LogP contribution is 2.27. The molecule has 0 fully saturated rings. The molecule has 0 radical (unpaired) electrons. The van der Waals surface area contributed by atoms with Crippen LogP contribution in [0.1, 0.15) is 23.6 Å². The average molecular weight is 438 g/mol. The Labute approximate surface area is 170 Å². The molecule has 3 aromatic rings. The lowest BCUT2D eigenvalue weighted by Gasteiger charge is -2.09. The monoisotopic (exact) mass is 437 g/mol. The second-order valence-electron chi connectivity index (χ2n) is 6.16. The van der Waals surface area contributed by atoms with Gasteiger partial charge in [-0.2, -0.15) is 5.10 Å². The first-order valence-corrected chi connectivity index (χ1v) is 9.65. The van der Waals surface area contributed by atoms with E-state index in [1.54, 1.807) is 6.07 Å². The van der Waals surface area contributed by atoms with Gasteiger partial charge in [0.1, 0.15) is 17.3 Å². The normalized spacial score (nSPS) is 13.0. The maximum absolute atomic E-state index is 14.0. The Bertz CT molecular complexity index is 1060. The molecule has 4 nitrogen and oxygen atoms in total. The molecule has 1 aliphatic heterocycles. The molecule has 4 rings (SSSR count). The molecule has 0 unspecified atom stereocenters. The molecule has 0 aromatic heterocycles. The summed E-state index contributed by atoms with van der Waals surface area (Å²) in [5, 5.41) is 4.55. The molecule has 1 N–H and O–H groups in total. The molecule has 1 heterocycles. The van der Waals surface area contributed by atoms with Gasteiger partial charge in [0.25, 0.3) is 0 Å². The molecule has 0 amide bonds. The molecule has 3 aromatic carbocycles. The van der Waals surface area contributed by atoms with E-state index in [9.17, 15) is 4.39 Å². The third-order valence-corrected chi connectivity index (χ3v) is 4.80. The van der Waals surface area contributed by atoms with Crippen molar-refractivity contribution in [1.82, 2.24) is 5.43 Å². The Kier molecular flexibility index (Phi) is 5.21. The maximum Gasteiger partial charge on any atom is 0.154 e. The van der Waals surface area contributed by atoms with Gasteiger partial charge in [0.15, 0.2) is 5.84 Å². The Hall–Kier alpha value is -2.99. The Morgan fingerprint density at radius 2 is 1.68 bits per heavy atom. The van der Waals surface area contributed by atoms with Gasteiger partial charge in [0.2, 0.25) is 0 Å². The second kappa shape index (κ2) is 7.94. The van der Waals surface area contributed by atoms with E-state index < -0.39 is 0 Å². The number of rotatable bonds is 4. The number of hydrogen-bond donors (Lipinski definition) is 1. The van der Waals surface area contributed by atoms with E-state index in [1.165, 1.54) is 12.1 Å². The number of aliphatic imine (C=N–C) groups is 1. The number of halogens is 2. The summed E-state index contributed by atoms with van der Waals surface area (Å²) in [7, 11) is 0. The van der Waals surface area contributed by atoms with Crippen molar-refractivity contribution in [1.29, 1.82) is 0 Å². The summed E-state index contributed by atoms with van der Waals surface area (Å²) >= 11 is 3.44. The molecule has 0 saturated carbocycles. The van der Waals surface area contributed by atoms with Crippen LogP contribution in [0.4, 0.5) is 10.1 Å². The van der Waals surface area contributed by atoms with Crippen LogP contribution in [0, 0.1) is 5.82 Å². The fourth-order valence-corrected chi connectivity index (χ4v) is 3.21. The van der Waals surface area contributed by atoms with Crippen molar-refractivity contribution in [2.45, 2.75) is 6.92 Å². The Morgan fingerprint density at radius 3 is 2.39 bits per heavy atom. The first kappa shape index (κ1) is 18.4. The van der Waals surface area contributed by atoms with E-state index in [0.29, 0.717) is 29.4 Å². The molecule has 0 atom stereocenters. The smallest absolute Gasteiger partial charge is 0.154 e. The first-order valence-electron chi connectivity index (χ1n) is 8.85. The molecule has 0 spiro atoms. The van der Waals surface area contributed by atoms with Gasteiger partial charge < -0.3 is 4.74 Å². The van der Waals surface area contributed by atoms with Crippen LogP contribution in [-0.2, 0) is 0 Å². The number of nitrogens with one attached hydrogen (secondary N) is 1. The van der Waals surface area contributed by atoms with Crippen LogP contribution in [0.3, 0.4) is 0 Å². The zero-order valence-electron chi connectivity index (χ0n) is 15.1. The fourth-order valence-electron chi connectivity index (χ4n) is 2.94. The van der Waals surface area contributed by atoms with Gasteiger partial charge in [0.05, 0.1) is 12.3 Å². The highest BCUT2D eigenvalue weighted by molar-refractivity contribution is 9.10. The molecule has 28 heavy (non-hydrogen) atoms. The lowest BCUT2D eigenvalue weighted by Crippen LogP contribution is -2.19. The van der Waals surface area contributed by atoms with Crippen LogP contribution in [0.15, 0.2) is 81.3 Å².